The number of hydrogen-bond acceptors (Lipinski definition) is 4. The van der Waals surface area contributed by atoms with Crippen molar-refractivity contribution in [2.45, 2.75) is 19.6 Å². The summed E-state index contributed by atoms with van der Waals surface area (Å²) in [5.41, 5.74) is 7.45. The summed E-state index contributed by atoms with van der Waals surface area (Å²) in [4.78, 5) is 10.2. The molecule has 4 rings (SSSR count). The first-order valence-electron chi connectivity index (χ1n) is 9.17. The van der Waals surface area contributed by atoms with E-state index in [1.165, 1.54) is 11.1 Å². The van der Waals surface area contributed by atoms with Crippen LogP contribution in [0.1, 0.15) is 16.7 Å². The fourth-order valence-corrected chi connectivity index (χ4v) is 4.69. The van der Waals surface area contributed by atoms with Crippen LogP contribution < -0.4 is 0 Å². The van der Waals surface area contributed by atoms with E-state index in [-0.39, 0.29) is 5.75 Å². The quantitative estimate of drug-likeness (QED) is 0.410. The Morgan fingerprint density at radius 2 is 1.59 bits per heavy atom. The fraction of sp³-hybridized carbons (Fsp3) is 0.130. The van der Waals surface area contributed by atoms with Crippen LogP contribution >= 0.6 is 11.3 Å². The van der Waals surface area contributed by atoms with Gasteiger partial charge in [-0.15, -0.1) is 11.3 Å². The number of hydrogen-bond donors (Lipinski definition) is 1. The number of pyridine rings is 1. The molecule has 0 amide bonds. The first-order chi connectivity index (χ1) is 14.0. The van der Waals surface area contributed by atoms with Gasteiger partial charge in [-0.1, -0.05) is 36.4 Å². The topological polar surface area (TPSA) is 63.1 Å². The third-order valence-corrected chi connectivity index (χ3v) is 6.57. The third-order valence-electron chi connectivity index (χ3n) is 4.84. The zero-order chi connectivity index (χ0) is 20.4. The van der Waals surface area contributed by atoms with Gasteiger partial charge in [0.05, 0.1) is 16.3 Å². The van der Waals surface area contributed by atoms with Gasteiger partial charge in [-0.25, -0.2) is 9.19 Å². The molecule has 0 aliphatic heterocycles. The second-order valence-corrected chi connectivity index (χ2v) is 8.83. The predicted octanol–water partition coefficient (Wildman–Crippen LogP) is 5.88. The second-order valence-electron chi connectivity index (χ2n) is 6.89. The zero-order valence-corrected chi connectivity index (χ0v) is 17.8. The van der Waals surface area contributed by atoms with E-state index in [1.54, 1.807) is 23.7 Å². The van der Waals surface area contributed by atoms with Gasteiger partial charge in [-0.05, 0) is 54.3 Å². The van der Waals surface area contributed by atoms with Gasteiger partial charge < -0.3 is 4.55 Å². The highest BCUT2D eigenvalue weighted by molar-refractivity contribution is 7.78. The lowest BCUT2D eigenvalue weighted by Crippen LogP contribution is -1.92. The monoisotopic (exact) mass is 420 g/mol. The molecule has 0 aliphatic carbocycles. The van der Waals surface area contributed by atoms with Crippen molar-refractivity contribution < 1.29 is 8.76 Å². The predicted molar refractivity (Wildman–Crippen MR) is 120 cm³/mol. The largest absolute Gasteiger partial charge is 0.306 e. The van der Waals surface area contributed by atoms with Crippen LogP contribution in [0, 0.1) is 13.8 Å². The maximum atomic E-state index is 11.0. The molecular formula is C23H20N2O2S2. The summed E-state index contributed by atoms with van der Waals surface area (Å²) in [6.45, 7) is 4.22. The average Bonchev–Trinajstić information content (AvgIpc) is 3.16. The van der Waals surface area contributed by atoms with Crippen molar-refractivity contribution in [3.8, 4) is 32.3 Å². The maximum absolute atomic E-state index is 11.0. The highest BCUT2D eigenvalue weighted by Gasteiger charge is 2.16. The minimum absolute atomic E-state index is 0.133. The second kappa shape index (κ2) is 8.37. The van der Waals surface area contributed by atoms with Gasteiger partial charge in [0.15, 0.2) is 11.1 Å². The standard InChI is InChI=1S/C23H20N2O2S2/c1-15-3-6-20(13-16(15)2)21-22(18-9-11-24-12-10-18)28-23(25-21)19-7-4-17(5-8-19)14-29(26)27/h3-13H,14H2,1-2H3,(H,26,27). The molecule has 0 saturated carbocycles. The number of rotatable bonds is 5. The van der Waals surface area contributed by atoms with E-state index in [4.69, 9.17) is 9.54 Å². The number of aromatic nitrogens is 2. The molecule has 0 aliphatic rings. The molecule has 0 bridgehead atoms. The normalized spacial score (nSPS) is 12.1. The van der Waals surface area contributed by atoms with Crippen LogP contribution in [0.25, 0.3) is 32.3 Å². The number of thiazole rings is 1. The van der Waals surface area contributed by atoms with Crippen LogP contribution in [-0.2, 0) is 16.8 Å². The van der Waals surface area contributed by atoms with E-state index in [0.717, 1.165) is 37.8 Å². The Labute approximate surface area is 176 Å². The molecule has 1 N–H and O–H groups in total. The molecule has 0 saturated heterocycles. The molecule has 0 fully saturated rings. The number of benzene rings is 2. The minimum Gasteiger partial charge on any atom is -0.306 e. The Balaban J connectivity index is 1.81. The molecule has 0 radical (unpaired) electrons. The highest BCUT2D eigenvalue weighted by atomic mass is 32.2. The minimum atomic E-state index is -1.84. The fourth-order valence-electron chi connectivity index (χ4n) is 3.11. The first kappa shape index (κ1) is 19.6. The molecular weight excluding hydrogens is 400 g/mol. The zero-order valence-electron chi connectivity index (χ0n) is 16.1. The smallest absolute Gasteiger partial charge is 0.157 e. The van der Waals surface area contributed by atoms with Gasteiger partial charge >= 0.3 is 0 Å². The lowest BCUT2D eigenvalue weighted by molar-refractivity contribution is 0.563. The van der Waals surface area contributed by atoms with Crippen LogP contribution in [0.4, 0.5) is 0 Å². The number of nitrogens with zero attached hydrogens (tertiary/aromatic N) is 2. The van der Waals surface area contributed by atoms with Gasteiger partial charge in [0.2, 0.25) is 0 Å². The van der Waals surface area contributed by atoms with Crippen LogP contribution in [0.5, 0.6) is 0 Å². The summed E-state index contributed by atoms with van der Waals surface area (Å²) in [6.07, 6.45) is 3.59. The van der Waals surface area contributed by atoms with Crippen molar-refractivity contribution >= 4 is 22.4 Å². The maximum Gasteiger partial charge on any atom is 0.157 e. The molecule has 2 aromatic carbocycles. The van der Waals surface area contributed by atoms with Crippen LogP contribution in [0.15, 0.2) is 67.0 Å². The van der Waals surface area contributed by atoms with Crippen LogP contribution in [0.2, 0.25) is 0 Å². The Morgan fingerprint density at radius 3 is 2.24 bits per heavy atom. The van der Waals surface area contributed by atoms with Crippen molar-refractivity contribution in [1.82, 2.24) is 9.97 Å². The van der Waals surface area contributed by atoms with Crippen LogP contribution in [0.3, 0.4) is 0 Å². The van der Waals surface area contributed by atoms with E-state index < -0.39 is 11.1 Å². The van der Waals surface area contributed by atoms with Crippen molar-refractivity contribution in [2.24, 2.45) is 0 Å². The van der Waals surface area contributed by atoms with Crippen molar-refractivity contribution in [2.75, 3.05) is 0 Å². The van der Waals surface area contributed by atoms with E-state index in [1.807, 2.05) is 36.4 Å². The summed E-state index contributed by atoms with van der Waals surface area (Å²) < 4.78 is 20.1. The van der Waals surface area contributed by atoms with Gasteiger partial charge in [-0.3, -0.25) is 4.98 Å². The van der Waals surface area contributed by atoms with Crippen LogP contribution in [-0.4, -0.2) is 18.7 Å². The molecule has 1 unspecified atom stereocenters. The summed E-state index contributed by atoms with van der Waals surface area (Å²) >= 11 is -0.198. The third kappa shape index (κ3) is 4.34. The summed E-state index contributed by atoms with van der Waals surface area (Å²) in [5, 5.41) is 0.918. The highest BCUT2D eigenvalue weighted by Crippen LogP contribution is 2.40. The number of aryl methyl sites for hydroxylation is 2. The van der Waals surface area contributed by atoms with Gasteiger partial charge in [0.25, 0.3) is 0 Å². The van der Waals surface area contributed by atoms with Gasteiger partial charge in [0.1, 0.15) is 5.01 Å². The summed E-state index contributed by atoms with van der Waals surface area (Å²) in [5.74, 6) is 0.133. The Morgan fingerprint density at radius 1 is 0.897 bits per heavy atom. The Bertz CT molecular complexity index is 1170. The molecule has 4 aromatic rings. The molecule has 6 heteroatoms. The van der Waals surface area contributed by atoms with Crippen molar-refractivity contribution in [1.29, 1.82) is 0 Å². The SMILES string of the molecule is Cc1ccc(-c2nc(-c3ccc(CS(=O)O)cc3)sc2-c2ccncc2)cc1C. The first-order valence-corrected chi connectivity index (χ1v) is 11.3. The molecule has 2 heterocycles. The molecule has 4 nitrogen and oxygen atoms in total. The summed E-state index contributed by atoms with van der Waals surface area (Å²) in [6, 6.07) is 18.1. The lowest BCUT2D eigenvalue weighted by Gasteiger charge is -2.05. The molecule has 0 spiro atoms. The molecule has 29 heavy (non-hydrogen) atoms. The lowest BCUT2D eigenvalue weighted by atomic mass is 10.0. The van der Waals surface area contributed by atoms with Gasteiger partial charge in [0, 0.05) is 23.5 Å². The Kier molecular flexibility index (Phi) is 5.67. The van der Waals surface area contributed by atoms with E-state index in [2.05, 4.69) is 37.0 Å². The Hall–Kier alpha value is -2.67. The molecule has 146 valence electrons. The molecule has 2 aromatic heterocycles. The van der Waals surface area contributed by atoms with Crippen molar-refractivity contribution in [3.05, 3.63) is 83.7 Å². The van der Waals surface area contributed by atoms with E-state index in [0.29, 0.717) is 0 Å². The summed E-state index contributed by atoms with van der Waals surface area (Å²) in [7, 11) is 0. The average molecular weight is 421 g/mol. The van der Waals surface area contributed by atoms with E-state index >= 15 is 0 Å². The van der Waals surface area contributed by atoms with Crippen molar-refractivity contribution in [3.63, 3.8) is 0 Å². The van der Waals surface area contributed by atoms with Gasteiger partial charge in [-0.2, -0.15) is 0 Å². The van der Waals surface area contributed by atoms with E-state index in [9.17, 15) is 4.21 Å². The molecule has 1 atom stereocenters.